The monoisotopic (exact) mass is 776 g/mol. The van der Waals surface area contributed by atoms with Crippen molar-refractivity contribution in [1.82, 2.24) is 5.32 Å². The summed E-state index contributed by atoms with van der Waals surface area (Å²) in [5.41, 5.74) is 0. The first-order chi connectivity index (χ1) is 27.0. The predicted octanol–water partition coefficient (Wildman–Crippen LogP) is 14.0. The summed E-state index contributed by atoms with van der Waals surface area (Å²) in [5, 5.41) is 23.0. The first kappa shape index (κ1) is 53.3. The maximum atomic E-state index is 12.4. The van der Waals surface area contributed by atoms with E-state index in [1.807, 2.05) is 6.08 Å². The topological polar surface area (TPSA) is 95.9 Å². The molecule has 1 amide bonds. The molecule has 0 aliphatic heterocycles. The number of carbonyl (C=O) groups is 2. The van der Waals surface area contributed by atoms with Crippen molar-refractivity contribution >= 4 is 11.9 Å². The molecular weight excluding hydrogens is 683 g/mol. The van der Waals surface area contributed by atoms with Gasteiger partial charge in [-0.1, -0.05) is 205 Å². The van der Waals surface area contributed by atoms with Gasteiger partial charge in [-0.05, 0) is 57.8 Å². The smallest absolute Gasteiger partial charge is 0.305 e. The number of ether oxygens (including phenoxy) is 1. The average Bonchev–Trinajstić information content (AvgIpc) is 3.18. The maximum Gasteiger partial charge on any atom is 0.305 e. The molecule has 3 N–H and O–H groups in total. The molecule has 324 valence electrons. The summed E-state index contributed by atoms with van der Waals surface area (Å²) in [4.78, 5) is 24.4. The van der Waals surface area contributed by atoms with Crippen LogP contribution in [0.1, 0.15) is 251 Å². The van der Waals surface area contributed by atoms with Crippen LogP contribution in [0, 0.1) is 0 Å². The summed E-state index contributed by atoms with van der Waals surface area (Å²) in [6.07, 6.45) is 51.6. The lowest BCUT2D eigenvalue weighted by molar-refractivity contribution is -0.143. The second-order valence-corrected chi connectivity index (χ2v) is 16.4. The predicted molar refractivity (Wildman–Crippen MR) is 236 cm³/mol. The first-order valence-electron chi connectivity index (χ1n) is 24.1. The van der Waals surface area contributed by atoms with Crippen molar-refractivity contribution < 1.29 is 24.5 Å². The number of aliphatic hydroxyl groups excluding tert-OH is 2. The molecule has 0 saturated heterocycles. The molecule has 6 nitrogen and oxygen atoms in total. The standard InChI is InChI=1S/C49H93NO5/c1-3-5-7-9-11-13-15-17-18-19-21-25-29-33-37-41-47(52)46(45-51)50-48(53)42-38-34-30-26-22-20-24-28-32-36-40-44-55-49(54)43-39-35-31-27-23-16-14-12-10-8-6-4-2/h12,14,37,41,46-47,51-52H,3-11,13,15-36,38-40,42-45H2,1-2H3,(H,50,53)/b14-12-,41-37+. The van der Waals surface area contributed by atoms with Gasteiger partial charge in [0.2, 0.25) is 5.91 Å². The van der Waals surface area contributed by atoms with Crippen molar-refractivity contribution in [2.24, 2.45) is 0 Å². The van der Waals surface area contributed by atoms with E-state index in [1.165, 1.54) is 167 Å². The van der Waals surface area contributed by atoms with Crippen LogP contribution in [0.15, 0.2) is 24.3 Å². The van der Waals surface area contributed by atoms with Crippen molar-refractivity contribution in [1.29, 1.82) is 0 Å². The normalized spacial score (nSPS) is 12.9. The van der Waals surface area contributed by atoms with Crippen LogP contribution in [0.4, 0.5) is 0 Å². The Morgan fingerprint density at radius 2 is 0.855 bits per heavy atom. The van der Waals surface area contributed by atoms with Gasteiger partial charge in [0.1, 0.15) is 0 Å². The molecule has 0 saturated carbocycles. The molecule has 0 bridgehead atoms. The van der Waals surface area contributed by atoms with Crippen LogP contribution < -0.4 is 5.32 Å². The molecule has 0 aromatic carbocycles. The number of hydrogen-bond donors (Lipinski definition) is 3. The van der Waals surface area contributed by atoms with Gasteiger partial charge >= 0.3 is 5.97 Å². The van der Waals surface area contributed by atoms with Gasteiger partial charge in [0, 0.05) is 12.8 Å². The molecule has 6 heteroatoms. The highest BCUT2D eigenvalue weighted by atomic mass is 16.5. The minimum Gasteiger partial charge on any atom is -0.466 e. The molecule has 0 aromatic heterocycles. The van der Waals surface area contributed by atoms with Gasteiger partial charge in [-0.3, -0.25) is 9.59 Å². The highest BCUT2D eigenvalue weighted by Gasteiger charge is 2.18. The molecule has 2 atom stereocenters. The van der Waals surface area contributed by atoms with Crippen molar-refractivity contribution in [3.05, 3.63) is 24.3 Å². The Morgan fingerprint density at radius 3 is 1.33 bits per heavy atom. The highest BCUT2D eigenvalue weighted by molar-refractivity contribution is 5.76. The second kappa shape index (κ2) is 45.0. The minimum absolute atomic E-state index is 0.0260. The number of unbranched alkanes of at least 4 members (excludes halogenated alkanes) is 31. The number of amides is 1. The van der Waals surface area contributed by atoms with Crippen LogP contribution in [0.2, 0.25) is 0 Å². The van der Waals surface area contributed by atoms with Crippen molar-refractivity contribution in [3.63, 3.8) is 0 Å². The molecular formula is C49H93NO5. The Bertz CT molecular complexity index is 858. The zero-order valence-electron chi connectivity index (χ0n) is 36.7. The Morgan fingerprint density at radius 1 is 0.491 bits per heavy atom. The molecule has 0 aliphatic rings. The average molecular weight is 776 g/mol. The lowest BCUT2D eigenvalue weighted by Crippen LogP contribution is -2.45. The number of carbonyl (C=O) groups excluding carboxylic acids is 2. The number of esters is 1. The van der Waals surface area contributed by atoms with E-state index in [1.54, 1.807) is 6.08 Å². The minimum atomic E-state index is -0.856. The molecule has 0 aromatic rings. The molecule has 0 spiro atoms. The molecule has 0 aliphatic carbocycles. The molecule has 0 radical (unpaired) electrons. The van der Waals surface area contributed by atoms with Crippen LogP contribution >= 0.6 is 0 Å². The van der Waals surface area contributed by atoms with Gasteiger partial charge in [0.15, 0.2) is 0 Å². The summed E-state index contributed by atoms with van der Waals surface area (Å²) in [5.74, 6) is -0.113. The zero-order chi connectivity index (χ0) is 40.1. The van der Waals surface area contributed by atoms with Crippen molar-refractivity contribution in [2.75, 3.05) is 13.2 Å². The third kappa shape index (κ3) is 41.8. The number of aliphatic hydroxyl groups is 2. The second-order valence-electron chi connectivity index (χ2n) is 16.4. The quantitative estimate of drug-likeness (QED) is 0.0325. The van der Waals surface area contributed by atoms with E-state index >= 15 is 0 Å². The van der Waals surface area contributed by atoms with Gasteiger partial charge in [0.05, 0.1) is 25.4 Å². The maximum absolute atomic E-state index is 12.4. The van der Waals surface area contributed by atoms with Crippen LogP contribution in [0.25, 0.3) is 0 Å². The van der Waals surface area contributed by atoms with Crippen LogP contribution in [0.3, 0.4) is 0 Å². The SMILES string of the molecule is CCCCC/C=C\CCCCCCCC(=O)OCCCCCCCCCCCCCC(=O)NC(CO)C(O)/C=C/CCCCCCCCCCCCCCC. The van der Waals surface area contributed by atoms with E-state index in [4.69, 9.17) is 4.74 Å². The number of allylic oxidation sites excluding steroid dienone is 3. The molecule has 2 unspecified atom stereocenters. The van der Waals surface area contributed by atoms with Gasteiger partial charge < -0.3 is 20.3 Å². The first-order valence-corrected chi connectivity index (χ1v) is 24.1. The third-order valence-corrected chi connectivity index (χ3v) is 11.0. The third-order valence-electron chi connectivity index (χ3n) is 11.0. The molecule has 0 fully saturated rings. The van der Waals surface area contributed by atoms with E-state index in [-0.39, 0.29) is 18.5 Å². The lowest BCUT2D eigenvalue weighted by Gasteiger charge is -2.20. The summed E-state index contributed by atoms with van der Waals surface area (Å²) >= 11 is 0. The summed E-state index contributed by atoms with van der Waals surface area (Å²) in [6, 6.07) is -0.641. The number of hydrogen-bond acceptors (Lipinski definition) is 5. The van der Waals surface area contributed by atoms with Gasteiger partial charge in [-0.25, -0.2) is 0 Å². The lowest BCUT2D eigenvalue weighted by atomic mass is 10.0. The fourth-order valence-corrected chi connectivity index (χ4v) is 7.21. The fourth-order valence-electron chi connectivity index (χ4n) is 7.21. The molecule has 0 heterocycles. The molecule has 0 rings (SSSR count). The van der Waals surface area contributed by atoms with Crippen molar-refractivity contribution in [2.45, 2.75) is 264 Å². The summed E-state index contributed by atoms with van der Waals surface area (Å²) in [6.45, 7) is 4.82. The Hall–Kier alpha value is -1.66. The Labute approximate surface area is 341 Å². The summed E-state index contributed by atoms with van der Waals surface area (Å²) in [7, 11) is 0. The van der Waals surface area contributed by atoms with E-state index in [2.05, 4.69) is 31.3 Å². The largest absolute Gasteiger partial charge is 0.466 e. The van der Waals surface area contributed by atoms with Crippen LogP contribution in [-0.2, 0) is 14.3 Å². The Kier molecular flexibility index (Phi) is 43.7. The molecule has 55 heavy (non-hydrogen) atoms. The van der Waals surface area contributed by atoms with E-state index in [0.29, 0.717) is 19.4 Å². The van der Waals surface area contributed by atoms with Crippen LogP contribution in [0.5, 0.6) is 0 Å². The number of rotatable bonds is 44. The van der Waals surface area contributed by atoms with E-state index < -0.39 is 12.1 Å². The highest BCUT2D eigenvalue weighted by Crippen LogP contribution is 2.15. The van der Waals surface area contributed by atoms with E-state index in [9.17, 15) is 19.8 Å². The summed E-state index contributed by atoms with van der Waals surface area (Å²) < 4.78 is 5.43. The van der Waals surface area contributed by atoms with Crippen molar-refractivity contribution in [3.8, 4) is 0 Å². The van der Waals surface area contributed by atoms with Gasteiger partial charge in [0.25, 0.3) is 0 Å². The van der Waals surface area contributed by atoms with Gasteiger partial charge in [-0.2, -0.15) is 0 Å². The number of nitrogens with one attached hydrogen (secondary N) is 1. The van der Waals surface area contributed by atoms with E-state index in [0.717, 1.165) is 57.8 Å². The van der Waals surface area contributed by atoms with Crippen LogP contribution in [-0.4, -0.2) is 47.4 Å². The zero-order valence-corrected chi connectivity index (χ0v) is 36.7. The Balaban J connectivity index is 3.53. The van der Waals surface area contributed by atoms with Gasteiger partial charge in [-0.15, -0.1) is 0 Å². The fraction of sp³-hybridized carbons (Fsp3) is 0.878.